The average molecular weight is 563 g/mol. The molecule has 4 rings (SSSR count). The van der Waals surface area contributed by atoms with Gasteiger partial charge in [0.15, 0.2) is 0 Å². The van der Waals surface area contributed by atoms with E-state index < -0.39 is 6.10 Å². The summed E-state index contributed by atoms with van der Waals surface area (Å²) < 4.78 is 24.8. The third-order valence-corrected chi connectivity index (χ3v) is 7.31. The number of nitrogens with zero attached hydrogens (tertiary/aromatic N) is 1. The fraction of sp³-hybridized carbons (Fsp3) is 0.290. The minimum atomic E-state index is -0.526. The van der Waals surface area contributed by atoms with E-state index in [1.807, 2.05) is 79.7 Å². The Bertz CT molecular complexity index is 1500. The Hall–Kier alpha value is -4.08. The number of aromatic nitrogens is 1. The number of nitrogens with one attached hydrogen (secondary N) is 1. The van der Waals surface area contributed by atoms with Crippen molar-refractivity contribution in [1.29, 1.82) is 0 Å². The third kappa shape index (κ3) is 7.31. The second kappa shape index (κ2) is 13.8. The first-order valence-electron chi connectivity index (χ1n) is 13.0. The zero-order valence-corrected chi connectivity index (χ0v) is 24.0. The maximum Gasteiger partial charge on any atom is 0.308 e. The van der Waals surface area contributed by atoms with Crippen molar-refractivity contribution in [1.82, 2.24) is 9.88 Å². The number of methoxy groups -OCH3 is 2. The van der Waals surface area contributed by atoms with Crippen LogP contribution < -0.4 is 24.4 Å². The molecule has 1 amide bonds. The maximum absolute atomic E-state index is 12.7. The summed E-state index contributed by atoms with van der Waals surface area (Å²) in [5.74, 6) is 2.00. The van der Waals surface area contributed by atoms with Crippen LogP contribution in [0.5, 0.6) is 17.2 Å². The van der Waals surface area contributed by atoms with Crippen molar-refractivity contribution < 1.29 is 23.7 Å². The molecule has 1 aromatic heterocycles. The van der Waals surface area contributed by atoms with Crippen molar-refractivity contribution in [3.8, 4) is 17.2 Å². The fourth-order valence-electron chi connectivity index (χ4n) is 4.30. The van der Waals surface area contributed by atoms with Gasteiger partial charge in [-0.05, 0) is 60.0 Å². The standard InChI is InChI=1S/C31H34N2O6S/c1-5-38-28(30(34)32-2)18-21-8-11-24(12-9-21)39-15-14-33-27-13-10-22(19-29(27)40-31(33)35)6-7-23-16-25(36-3)20-26(17-23)37-4/h6-13,16-17,19-20,28H,5,14-15,18H2,1-4H3,(H,32,34)/b7-6+. The zero-order chi connectivity index (χ0) is 28.5. The molecule has 0 spiro atoms. The van der Waals surface area contributed by atoms with Crippen molar-refractivity contribution in [2.75, 3.05) is 34.5 Å². The van der Waals surface area contributed by atoms with Gasteiger partial charge in [-0.25, -0.2) is 0 Å². The van der Waals surface area contributed by atoms with Crippen LogP contribution in [0, 0.1) is 0 Å². The van der Waals surface area contributed by atoms with Crippen LogP contribution in [-0.4, -0.2) is 51.1 Å². The molecule has 0 saturated heterocycles. The molecule has 0 aliphatic carbocycles. The first kappa shape index (κ1) is 28.9. The number of benzene rings is 3. The molecule has 1 atom stereocenters. The number of likely N-dealkylation sites (N-methyl/N-ethyl adjacent to an activating group) is 1. The first-order valence-corrected chi connectivity index (χ1v) is 13.8. The lowest BCUT2D eigenvalue weighted by Gasteiger charge is -2.15. The predicted molar refractivity (Wildman–Crippen MR) is 160 cm³/mol. The quantitative estimate of drug-likeness (QED) is 0.230. The van der Waals surface area contributed by atoms with Crippen molar-refractivity contribution >= 4 is 39.6 Å². The fourth-order valence-corrected chi connectivity index (χ4v) is 5.26. The Morgan fingerprint density at radius 1 is 0.950 bits per heavy atom. The smallest absolute Gasteiger partial charge is 0.308 e. The highest BCUT2D eigenvalue weighted by Crippen LogP contribution is 2.25. The van der Waals surface area contributed by atoms with E-state index in [4.69, 9.17) is 18.9 Å². The molecular weight excluding hydrogens is 528 g/mol. The molecule has 40 heavy (non-hydrogen) atoms. The van der Waals surface area contributed by atoms with Gasteiger partial charge in [-0.1, -0.05) is 41.7 Å². The summed E-state index contributed by atoms with van der Waals surface area (Å²) in [7, 11) is 4.85. The van der Waals surface area contributed by atoms with E-state index >= 15 is 0 Å². The predicted octanol–water partition coefficient (Wildman–Crippen LogP) is 5.02. The molecule has 1 unspecified atom stereocenters. The van der Waals surface area contributed by atoms with Crippen LogP contribution in [0.25, 0.3) is 22.4 Å². The summed E-state index contributed by atoms with van der Waals surface area (Å²) in [5, 5.41) is 2.64. The lowest BCUT2D eigenvalue weighted by Crippen LogP contribution is -2.35. The number of amides is 1. The summed E-state index contributed by atoms with van der Waals surface area (Å²) >= 11 is 1.22. The molecule has 0 aliphatic heterocycles. The molecule has 0 bridgehead atoms. The minimum Gasteiger partial charge on any atom is -0.497 e. The highest BCUT2D eigenvalue weighted by Gasteiger charge is 2.17. The number of carbonyl (C=O) groups excluding carboxylic acids is 1. The molecule has 0 radical (unpaired) electrons. The van der Waals surface area contributed by atoms with E-state index in [-0.39, 0.29) is 10.8 Å². The molecule has 3 aromatic carbocycles. The largest absolute Gasteiger partial charge is 0.497 e. The number of fused-ring (bicyclic) bond motifs is 1. The molecular formula is C31H34N2O6S. The molecule has 9 heteroatoms. The van der Waals surface area contributed by atoms with E-state index in [9.17, 15) is 9.59 Å². The first-order chi connectivity index (χ1) is 19.4. The van der Waals surface area contributed by atoms with Crippen molar-refractivity contribution in [3.63, 3.8) is 0 Å². The van der Waals surface area contributed by atoms with E-state index in [0.29, 0.717) is 31.9 Å². The van der Waals surface area contributed by atoms with Gasteiger partial charge in [0.1, 0.15) is 30.0 Å². The molecule has 1 heterocycles. The number of thiazole rings is 1. The SMILES string of the molecule is CCOC(Cc1ccc(OCCn2c(=O)sc3cc(/C=C/c4cc(OC)cc(OC)c4)ccc32)cc1)C(=O)NC. The molecule has 210 valence electrons. The van der Waals surface area contributed by atoms with Crippen molar-refractivity contribution in [2.24, 2.45) is 0 Å². The zero-order valence-electron chi connectivity index (χ0n) is 23.1. The van der Waals surface area contributed by atoms with Gasteiger partial charge in [-0.15, -0.1) is 0 Å². The Morgan fingerprint density at radius 3 is 2.30 bits per heavy atom. The summed E-state index contributed by atoms with van der Waals surface area (Å²) in [6, 6.07) is 19.3. The van der Waals surface area contributed by atoms with Crippen LogP contribution in [0.15, 0.2) is 65.5 Å². The number of hydrogen-bond donors (Lipinski definition) is 1. The normalized spacial score (nSPS) is 12.0. The van der Waals surface area contributed by atoms with Crippen LogP contribution in [0.1, 0.15) is 23.6 Å². The number of rotatable bonds is 13. The molecule has 8 nitrogen and oxygen atoms in total. The van der Waals surface area contributed by atoms with Gasteiger partial charge in [0, 0.05) is 26.1 Å². The third-order valence-electron chi connectivity index (χ3n) is 6.37. The summed E-state index contributed by atoms with van der Waals surface area (Å²) in [6.07, 6.45) is 3.94. The topological polar surface area (TPSA) is 88.0 Å². The van der Waals surface area contributed by atoms with E-state index in [0.717, 1.165) is 38.4 Å². The number of carbonyl (C=O) groups is 1. The van der Waals surface area contributed by atoms with Crippen molar-refractivity contribution in [2.45, 2.75) is 26.0 Å². The van der Waals surface area contributed by atoms with Crippen LogP contribution in [-0.2, 0) is 22.5 Å². The molecule has 0 fully saturated rings. The highest BCUT2D eigenvalue weighted by molar-refractivity contribution is 7.16. The van der Waals surface area contributed by atoms with Gasteiger partial charge >= 0.3 is 4.87 Å². The second-order valence-electron chi connectivity index (χ2n) is 8.98. The van der Waals surface area contributed by atoms with Gasteiger partial charge in [0.25, 0.3) is 0 Å². The minimum absolute atomic E-state index is 0.0243. The Labute approximate surface area is 237 Å². The maximum atomic E-state index is 12.7. The van der Waals surface area contributed by atoms with Gasteiger partial charge in [0.2, 0.25) is 5.91 Å². The summed E-state index contributed by atoms with van der Waals surface area (Å²) in [5.41, 5.74) is 3.80. The van der Waals surface area contributed by atoms with Crippen LogP contribution >= 0.6 is 11.3 Å². The number of ether oxygens (including phenoxy) is 4. The summed E-state index contributed by atoms with van der Waals surface area (Å²) in [6.45, 7) is 3.12. The summed E-state index contributed by atoms with van der Waals surface area (Å²) in [4.78, 5) is 24.7. The Kier molecular flexibility index (Phi) is 9.99. The van der Waals surface area contributed by atoms with Gasteiger partial charge in [0.05, 0.1) is 31.0 Å². The monoisotopic (exact) mass is 562 g/mol. The average Bonchev–Trinajstić information content (AvgIpc) is 3.29. The lowest BCUT2D eigenvalue weighted by molar-refractivity contribution is -0.131. The van der Waals surface area contributed by atoms with E-state index in [1.165, 1.54) is 11.3 Å². The van der Waals surface area contributed by atoms with Gasteiger partial charge in [-0.2, -0.15) is 0 Å². The molecule has 0 aliphatic rings. The second-order valence-corrected chi connectivity index (χ2v) is 9.97. The number of hydrogen-bond acceptors (Lipinski definition) is 7. The van der Waals surface area contributed by atoms with Crippen LogP contribution in [0.4, 0.5) is 0 Å². The molecule has 4 aromatic rings. The van der Waals surface area contributed by atoms with Crippen LogP contribution in [0.2, 0.25) is 0 Å². The Balaban J connectivity index is 1.38. The van der Waals surface area contributed by atoms with E-state index in [2.05, 4.69) is 5.32 Å². The van der Waals surface area contributed by atoms with Gasteiger partial charge < -0.3 is 24.3 Å². The Morgan fingerprint density at radius 2 is 1.65 bits per heavy atom. The van der Waals surface area contributed by atoms with E-state index in [1.54, 1.807) is 25.8 Å². The highest BCUT2D eigenvalue weighted by atomic mass is 32.1. The van der Waals surface area contributed by atoms with Crippen molar-refractivity contribution in [3.05, 3.63) is 87.0 Å². The lowest BCUT2D eigenvalue weighted by atomic mass is 10.1. The molecule has 0 saturated carbocycles. The van der Waals surface area contributed by atoms with Gasteiger partial charge in [-0.3, -0.25) is 14.2 Å². The van der Waals surface area contributed by atoms with Crippen LogP contribution in [0.3, 0.4) is 0 Å². The molecule has 1 N–H and O–H groups in total.